The van der Waals surface area contributed by atoms with Crippen molar-refractivity contribution in [3.8, 4) is 6.07 Å². The Labute approximate surface area is 121 Å². The summed E-state index contributed by atoms with van der Waals surface area (Å²) in [6.07, 6.45) is 0. The highest BCUT2D eigenvalue weighted by molar-refractivity contribution is 9.10. The molecular weight excluding hydrogens is 331 g/mol. The summed E-state index contributed by atoms with van der Waals surface area (Å²) in [5, 5.41) is 22.5. The van der Waals surface area contributed by atoms with E-state index in [9.17, 15) is 14.5 Å². The van der Waals surface area contributed by atoms with Crippen LogP contribution in [0.3, 0.4) is 0 Å². The number of hydrogen-bond donors (Lipinski definition) is 1. The molecule has 0 aliphatic rings. The van der Waals surface area contributed by atoms with Gasteiger partial charge in [0.15, 0.2) is 0 Å². The Hall–Kier alpha value is -2.53. The van der Waals surface area contributed by atoms with Crippen LogP contribution < -0.4 is 5.32 Å². The lowest BCUT2D eigenvalue weighted by Gasteiger charge is -2.08. The van der Waals surface area contributed by atoms with Crippen molar-refractivity contribution >= 4 is 33.1 Å². The van der Waals surface area contributed by atoms with Gasteiger partial charge in [-0.05, 0) is 40.2 Å². The molecule has 0 amide bonds. The quantitative estimate of drug-likeness (QED) is 0.526. The Morgan fingerprint density at radius 2 is 2.15 bits per heavy atom. The normalized spacial score (nSPS) is 9.85. The molecule has 1 aromatic heterocycles. The number of nitrogens with zero attached hydrogens (tertiary/aromatic N) is 3. The molecule has 1 aromatic carbocycles. The first kappa shape index (κ1) is 13.9. The van der Waals surface area contributed by atoms with Gasteiger partial charge in [-0.1, -0.05) is 0 Å². The minimum absolute atomic E-state index is 0.0773. The van der Waals surface area contributed by atoms with Crippen LogP contribution in [0.4, 0.5) is 21.6 Å². The van der Waals surface area contributed by atoms with Gasteiger partial charge >= 0.3 is 5.69 Å². The van der Waals surface area contributed by atoms with E-state index in [-0.39, 0.29) is 22.8 Å². The van der Waals surface area contributed by atoms with Gasteiger partial charge in [0.05, 0.1) is 16.2 Å². The second-order valence-electron chi connectivity index (χ2n) is 3.69. The van der Waals surface area contributed by atoms with Gasteiger partial charge in [0.25, 0.3) is 0 Å². The van der Waals surface area contributed by atoms with E-state index in [1.54, 1.807) is 0 Å². The van der Waals surface area contributed by atoms with Crippen LogP contribution in [0.2, 0.25) is 0 Å². The van der Waals surface area contributed by atoms with Gasteiger partial charge in [-0.15, -0.1) is 0 Å². The molecule has 0 saturated heterocycles. The number of hydrogen-bond acceptors (Lipinski definition) is 5. The smallest absolute Gasteiger partial charge is 0.311 e. The first-order valence-corrected chi connectivity index (χ1v) is 6.08. The van der Waals surface area contributed by atoms with Crippen LogP contribution in [0.1, 0.15) is 5.56 Å². The fraction of sp³-hybridized carbons (Fsp3) is 0. The minimum atomic E-state index is -0.618. The molecule has 100 valence electrons. The molecule has 1 N–H and O–H groups in total. The van der Waals surface area contributed by atoms with E-state index in [4.69, 9.17) is 5.26 Å². The van der Waals surface area contributed by atoms with Crippen LogP contribution in [-0.4, -0.2) is 9.91 Å². The average molecular weight is 337 g/mol. The fourth-order valence-corrected chi connectivity index (χ4v) is 1.82. The van der Waals surface area contributed by atoms with Crippen molar-refractivity contribution in [1.82, 2.24) is 4.98 Å². The van der Waals surface area contributed by atoms with Crippen molar-refractivity contribution in [3.63, 3.8) is 0 Å². The number of aromatic nitrogens is 1. The van der Waals surface area contributed by atoms with Crippen molar-refractivity contribution < 1.29 is 9.31 Å². The maximum absolute atomic E-state index is 13.2. The summed E-state index contributed by atoms with van der Waals surface area (Å²) in [5.74, 6) is -0.643. The Bertz CT molecular complexity index is 730. The Kier molecular flexibility index (Phi) is 3.91. The van der Waals surface area contributed by atoms with Crippen LogP contribution in [0, 0.1) is 27.3 Å². The van der Waals surface area contributed by atoms with Crippen molar-refractivity contribution in [2.24, 2.45) is 0 Å². The van der Waals surface area contributed by atoms with Gasteiger partial charge < -0.3 is 5.32 Å². The maximum Gasteiger partial charge on any atom is 0.311 e. The predicted octanol–water partition coefficient (Wildman–Crippen LogP) is 3.51. The molecule has 6 nitrogen and oxygen atoms in total. The van der Waals surface area contributed by atoms with Crippen LogP contribution in [0.25, 0.3) is 0 Å². The Balaban J connectivity index is 2.50. The molecule has 0 fully saturated rings. The first-order chi connectivity index (χ1) is 9.51. The number of rotatable bonds is 3. The molecule has 8 heteroatoms. The minimum Gasteiger partial charge on any atom is -0.333 e. The third kappa shape index (κ3) is 2.89. The Morgan fingerprint density at radius 3 is 2.80 bits per heavy atom. The molecule has 0 saturated carbocycles. The average Bonchev–Trinajstić information content (AvgIpc) is 2.38. The zero-order valence-corrected chi connectivity index (χ0v) is 11.4. The SMILES string of the molecule is N#Cc1ccc(F)cc1Nc1nc(Br)ccc1[N+](=O)[O-]. The maximum atomic E-state index is 13.2. The van der Waals surface area contributed by atoms with Crippen molar-refractivity contribution in [1.29, 1.82) is 5.26 Å². The molecular formula is C12H6BrFN4O2. The second-order valence-corrected chi connectivity index (χ2v) is 4.50. The molecule has 0 atom stereocenters. The van der Waals surface area contributed by atoms with Crippen LogP contribution in [0.15, 0.2) is 34.9 Å². The number of benzene rings is 1. The highest BCUT2D eigenvalue weighted by Gasteiger charge is 2.17. The van der Waals surface area contributed by atoms with Gasteiger partial charge in [0, 0.05) is 6.07 Å². The largest absolute Gasteiger partial charge is 0.333 e. The molecule has 2 rings (SSSR count). The van der Waals surface area contributed by atoms with E-state index in [0.717, 1.165) is 12.1 Å². The number of pyridine rings is 1. The van der Waals surface area contributed by atoms with Crippen LogP contribution in [-0.2, 0) is 0 Å². The van der Waals surface area contributed by atoms with Gasteiger partial charge in [-0.3, -0.25) is 10.1 Å². The zero-order chi connectivity index (χ0) is 14.7. The molecule has 0 spiro atoms. The first-order valence-electron chi connectivity index (χ1n) is 5.29. The molecule has 0 unspecified atom stereocenters. The highest BCUT2D eigenvalue weighted by Crippen LogP contribution is 2.29. The number of nitrogens with one attached hydrogen (secondary N) is 1. The molecule has 0 aliphatic heterocycles. The number of nitriles is 1. The van der Waals surface area contributed by atoms with E-state index in [1.807, 2.05) is 6.07 Å². The fourth-order valence-electron chi connectivity index (χ4n) is 1.51. The van der Waals surface area contributed by atoms with Crippen molar-refractivity contribution in [3.05, 3.63) is 56.4 Å². The lowest BCUT2D eigenvalue weighted by atomic mass is 10.2. The lowest BCUT2D eigenvalue weighted by molar-refractivity contribution is -0.384. The summed E-state index contributed by atoms with van der Waals surface area (Å²) in [4.78, 5) is 14.2. The second kappa shape index (κ2) is 5.63. The topological polar surface area (TPSA) is 91.8 Å². The summed E-state index contributed by atoms with van der Waals surface area (Å²) in [7, 11) is 0. The van der Waals surface area contributed by atoms with Crippen LogP contribution >= 0.6 is 15.9 Å². The predicted molar refractivity (Wildman–Crippen MR) is 73.0 cm³/mol. The lowest BCUT2D eigenvalue weighted by Crippen LogP contribution is -2.01. The van der Waals surface area contributed by atoms with Gasteiger partial charge in [0.1, 0.15) is 16.5 Å². The molecule has 0 radical (unpaired) electrons. The molecule has 0 aliphatic carbocycles. The van der Waals surface area contributed by atoms with Crippen LogP contribution in [0.5, 0.6) is 0 Å². The molecule has 20 heavy (non-hydrogen) atoms. The third-order valence-electron chi connectivity index (χ3n) is 2.39. The van der Waals surface area contributed by atoms with E-state index >= 15 is 0 Å². The van der Waals surface area contributed by atoms with E-state index in [1.165, 1.54) is 18.2 Å². The van der Waals surface area contributed by atoms with Gasteiger partial charge in [-0.2, -0.15) is 5.26 Å². The summed E-state index contributed by atoms with van der Waals surface area (Å²) in [6.45, 7) is 0. The van der Waals surface area contributed by atoms with Gasteiger partial charge in [-0.25, -0.2) is 9.37 Å². The summed E-state index contributed by atoms with van der Waals surface area (Å²) in [5.41, 5.74) is -0.00924. The van der Waals surface area contributed by atoms with E-state index in [0.29, 0.717) is 4.60 Å². The molecule has 1 heterocycles. The molecule has 2 aromatic rings. The Morgan fingerprint density at radius 1 is 1.40 bits per heavy atom. The van der Waals surface area contributed by atoms with E-state index in [2.05, 4.69) is 26.2 Å². The summed E-state index contributed by atoms with van der Waals surface area (Å²) in [6, 6.07) is 8.02. The van der Waals surface area contributed by atoms with E-state index < -0.39 is 10.7 Å². The highest BCUT2D eigenvalue weighted by atomic mass is 79.9. The van der Waals surface area contributed by atoms with Crippen molar-refractivity contribution in [2.45, 2.75) is 0 Å². The van der Waals surface area contributed by atoms with Gasteiger partial charge in [0.2, 0.25) is 5.82 Å². The third-order valence-corrected chi connectivity index (χ3v) is 2.83. The summed E-state index contributed by atoms with van der Waals surface area (Å²) >= 11 is 3.10. The number of nitro groups is 1. The standard InChI is InChI=1S/C12H6BrFN4O2/c13-11-4-3-10(18(19)20)12(17-11)16-9-5-8(14)2-1-7(9)6-15/h1-5H,(H,16,17). The van der Waals surface area contributed by atoms with Crippen molar-refractivity contribution in [2.75, 3.05) is 5.32 Å². The number of anilines is 2. The number of halogens is 2. The summed E-state index contributed by atoms with van der Waals surface area (Å²) < 4.78 is 13.6. The molecule has 0 bridgehead atoms. The zero-order valence-electron chi connectivity index (χ0n) is 9.80. The monoisotopic (exact) mass is 336 g/mol.